The van der Waals surface area contributed by atoms with Gasteiger partial charge in [0, 0.05) is 30.6 Å². The van der Waals surface area contributed by atoms with Crippen LogP contribution in [-0.4, -0.2) is 32.6 Å². The van der Waals surface area contributed by atoms with Gasteiger partial charge in [0.05, 0.1) is 16.9 Å². The molecular formula is C21H26ClN5O3. The highest BCUT2D eigenvalue weighted by atomic mass is 35.5. The summed E-state index contributed by atoms with van der Waals surface area (Å²) < 4.78 is 7.26. The summed E-state index contributed by atoms with van der Waals surface area (Å²) in [6.45, 7) is 5.29. The summed E-state index contributed by atoms with van der Waals surface area (Å²) in [5, 5.41) is 3.40. The van der Waals surface area contributed by atoms with Crippen molar-refractivity contribution in [3.8, 4) is 11.3 Å². The van der Waals surface area contributed by atoms with Crippen LogP contribution < -0.4 is 11.1 Å². The van der Waals surface area contributed by atoms with Gasteiger partial charge in [-0.1, -0.05) is 25.4 Å². The Morgan fingerprint density at radius 2 is 2.10 bits per heavy atom. The third kappa shape index (κ3) is 4.28. The van der Waals surface area contributed by atoms with Gasteiger partial charge in [0.2, 0.25) is 5.91 Å². The van der Waals surface area contributed by atoms with Gasteiger partial charge in [-0.15, -0.1) is 0 Å². The maximum Gasteiger partial charge on any atom is 0.404 e. The SMILES string of the molecule is CC1(C)Cc2ncc(-c3cc(NC(=O)[C@H]4CCC[C@@H](OC(N)=O)C4)ncc3Cl)n2C1. The van der Waals surface area contributed by atoms with Gasteiger partial charge in [-0.2, -0.15) is 0 Å². The van der Waals surface area contributed by atoms with Gasteiger partial charge < -0.3 is 20.4 Å². The lowest BCUT2D eigenvalue weighted by Crippen LogP contribution is -2.33. The summed E-state index contributed by atoms with van der Waals surface area (Å²) in [5.41, 5.74) is 6.97. The van der Waals surface area contributed by atoms with E-state index >= 15 is 0 Å². The molecule has 3 heterocycles. The highest BCUT2D eigenvalue weighted by Crippen LogP contribution is 2.37. The van der Waals surface area contributed by atoms with Gasteiger partial charge in [0.1, 0.15) is 17.7 Å². The van der Waals surface area contributed by atoms with E-state index in [4.69, 9.17) is 22.1 Å². The first-order chi connectivity index (χ1) is 14.2. The number of imidazole rings is 1. The van der Waals surface area contributed by atoms with E-state index in [0.717, 1.165) is 49.3 Å². The number of carbonyl (C=O) groups excluding carboxylic acids is 2. The number of carbonyl (C=O) groups is 2. The molecule has 0 bridgehead atoms. The van der Waals surface area contributed by atoms with Crippen molar-refractivity contribution in [2.24, 2.45) is 17.1 Å². The lowest BCUT2D eigenvalue weighted by atomic mass is 9.86. The van der Waals surface area contributed by atoms with Crippen molar-refractivity contribution in [3.63, 3.8) is 0 Å². The van der Waals surface area contributed by atoms with Crippen molar-refractivity contribution < 1.29 is 14.3 Å². The highest BCUT2D eigenvalue weighted by Gasteiger charge is 2.32. The first-order valence-corrected chi connectivity index (χ1v) is 10.6. The number of primary amides is 1. The predicted molar refractivity (Wildman–Crippen MR) is 113 cm³/mol. The topological polar surface area (TPSA) is 112 Å². The Labute approximate surface area is 180 Å². The molecule has 2 amide bonds. The quantitative estimate of drug-likeness (QED) is 0.765. The van der Waals surface area contributed by atoms with E-state index in [0.29, 0.717) is 17.3 Å². The monoisotopic (exact) mass is 431 g/mol. The molecule has 4 rings (SSSR count). The van der Waals surface area contributed by atoms with E-state index in [-0.39, 0.29) is 23.3 Å². The molecule has 2 aromatic heterocycles. The summed E-state index contributed by atoms with van der Waals surface area (Å²) in [6.07, 6.45) is 5.87. The van der Waals surface area contributed by atoms with Gasteiger partial charge >= 0.3 is 6.09 Å². The number of rotatable bonds is 4. The lowest BCUT2D eigenvalue weighted by Gasteiger charge is -2.27. The molecule has 0 saturated heterocycles. The summed E-state index contributed by atoms with van der Waals surface area (Å²) in [4.78, 5) is 32.6. The van der Waals surface area contributed by atoms with Crippen LogP contribution in [0.15, 0.2) is 18.5 Å². The fraction of sp³-hybridized carbons (Fsp3) is 0.524. The maximum absolute atomic E-state index is 12.8. The van der Waals surface area contributed by atoms with Crippen molar-refractivity contribution in [2.45, 2.75) is 58.6 Å². The number of pyridine rings is 1. The molecule has 30 heavy (non-hydrogen) atoms. The molecule has 1 saturated carbocycles. The second-order valence-corrected chi connectivity index (χ2v) is 9.36. The van der Waals surface area contributed by atoms with E-state index < -0.39 is 6.09 Å². The Bertz CT molecular complexity index is 987. The number of fused-ring (bicyclic) bond motifs is 1. The van der Waals surface area contributed by atoms with Gasteiger partial charge in [0.15, 0.2) is 0 Å². The molecule has 2 atom stereocenters. The van der Waals surface area contributed by atoms with Crippen molar-refractivity contribution >= 4 is 29.4 Å². The molecule has 2 aromatic rings. The molecule has 1 fully saturated rings. The second-order valence-electron chi connectivity index (χ2n) is 8.95. The number of halogens is 1. The zero-order valence-electron chi connectivity index (χ0n) is 17.2. The summed E-state index contributed by atoms with van der Waals surface area (Å²) in [5.74, 6) is 1.07. The average molecular weight is 432 g/mol. The molecule has 9 heteroatoms. The van der Waals surface area contributed by atoms with Crippen LogP contribution in [0, 0.1) is 11.3 Å². The van der Waals surface area contributed by atoms with E-state index in [1.807, 2.05) is 6.20 Å². The van der Waals surface area contributed by atoms with E-state index in [1.165, 1.54) is 0 Å². The fourth-order valence-corrected chi connectivity index (χ4v) is 4.64. The number of nitrogens with one attached hydrogen (secondary N) is 1. The van der Waals surface area contributed by atoms with E-state index in [9.17, 15) is 9.59 Å². The standard InChI is InChI=1S/C21H26ClN5O3/c1-21(2)8-18-25-10-16(27(18)11-21)14-7-17(24-9-15(14)22)26-19(28)12-4-3-5-13(6-12)30-20(23)29/h7,9-10,12-13H,3-6,8,11H2,1-2H3,(H2,23,29)(H,24,26,28)/t12-,13+/m0/s1. The molecule has 0 spiro atoms. The Morgan fingerprint density at radius 3 is 2.87 bits per heavy atom. The summed E-state index contributed by atoms with van der Waals surface area (Å²) >= 11 is 6.44. The third-order valence-electron chi connectivity index (χ3n) is 5.82. The largest absolute Gasteiger partial charge is 0.446 e. The van der Waals surface area contributed by atoms with Crippen LogP contribution in [0.5, 0.6) is 0 Å². The lowest BCUT2D eigenvalue weighted by molar-refractivity contribution is -0.122. The molecule has 0 unspecified atom stereocenters. The molecule has 160 valence electrons. The van der Waals surface area contributed by atoms with Gasteiger partial charge in [0.25, 0.3) is 0 Å². The second kappa shape index (κ2) is 7.91. The average Bonchev–Trinajstić information content (AvgIpc) is 3.18. The van der Waals surface area contributed by atoms with Gasteiger partial charge in [-0.05, 0) is 37.2 Å². The van der Waals surface area contributed by atoms with Crippen molar-refractivity contribution in [1.29, 1.82) is 0 Å². The first-order valence-electron chi connectivity index (χ1n) is 10.2. The number of nitrogens with two attached hydrogens (primary N) is 1. The minimum absolute atomic E-state index is 0.145. The van der Waals surface area contributed by atoms with Crippen molar-refractivity contribution in [2.75, 3.05) is 5.32 Å². The molecule has 3 N–H and O–H groups in total. The Hall–Kier alpha value is -2.61. The van der Waals surface area contributed by atoms with Crippen LogP contribution in [0.25, 0.3) is 11.3 Å². The minimum Gasteiger partial charge on any atom is -0.446 e. The number of hydrogen-bond donors (Lipinski definition) is 2. The van der Waals surface area contributed by atoms with E-state index in [2.05, 4.69) is 33.7 Å². The number of hydrogen-bond acceptors (Lipinski definition) is 5. The number of anilines is 1. The summed E-state index contributed by atoms with van der Waals surface area (Å²) in [7, 11) is 0. The molecule has 0 radical (unpaired) electrons. The number of amides is 2. The Morgan fingerprint density at radius 1 is 1.30 bits per heavy atom. The third-order valence-corrected chi connectivity index (χ3v) is 6.12. The maximum atomic E-state index is 12.8. The van der Waals surface area contributed by atoms with Crippen LogP contribution >= 0.6 is 11.6 Å². The van der Waals surface area contributed by atoms with Crippen molar-refractivity contribution in [1.82, 2.24) is 14.5 Å². The van der Waals surface area contributed by atoms with Crippen LogP contribution in [0.2, 0.25) is 5.02 Å². The number of ether oxygens (including phenoxy) is 1. The smallest absolute Gasteiger partial charge is 0.404 e. The molecule has 0 aromatic carbocycles. The van der Waals surface area contributed by atoms with Crippen molar-refractivity contribution in [3.05, 3.63) is 29.3 Å². The normalized spacial score (nSPS) is 22.4. The predicted octanol–water partition coefficient (Wildman–Crippen LogP) is 3.77. The first kappa shape index (κ1) is 20.7. The molecule has 1 aliphatic carbocycles. The molecule has 1 aliphatic heterocycles. The number of aromatic nitrogens is 3. The summed E-state index contributed by atoms with van der Waals surface area (Å²) in [6, 6.07) is 1.79. The van der Waals surface area contributed by atoms with E-state index in [1.54, 1.807) is 12.3 Å². The van der Waals surface area contributed by atoms with Gasteiger partial charge in [-0.3, -0.25) is 4.79 Å². The Balaban J connectivity index is 1.51. The Kier molecular flexibility index (Phi) is 5.44. The zero-order valence-corrected chi connectivity index (χ0v) is 17.9. The van der Waals surface area contributed by atoms with Gasteiger partial charge in [-0.25, -0.2) is 14.8 Å². The van der Waals surface area contributed by atoms with Crippen LogP contribution in [-0.2, 0) is 22.5 Å². The molecule has 2 aliphatic rings. The molecular weight excluding hydrogens is 406 g/mol. The van der Waals surface area contributed by atoms with Crippen LogP contribution in [0.3, 0.4) is 0 Å². The minimum atomic E-state index is -0.804. The zero-order chi connectivity index (χ0) is 21.5. The van der Waals surface area contributed by atoms with Crippen LogP contribution in [0.4, 0.5) is 10.6 Å². The highest BCUT2D eigenvalue weighted by molar-refractivity contribution is 6.33. The molecule has 8 nitrogen and oxygen atoms in total. The number of nitrogens with zero attached hydrogens (tertiary/aromatic N) is 3. The fourth-order valence-electron chi connectivity index (χ4n) is 4.44. The van der Waals surface area contributed by atoms with Crippen LogP contribution in [0.1, 0.15) is 45.4 Å².